The first-order chi connectivity index (χ1) is 12.5. The van der Waals surface area contributed by atoms with E-state index in [9.17, 15) is 9.90 Å². The second-order valence-electron chi connectivity index (χ2n) is 9.28. The van der Waals surface area contributed by atoms with Crippen LogP contribution in [0.15, 0.2) is 44.0 Å². The zero-order valence-electron chi connectivity index (χ0n) is 16.6. The van der Waals surface area contributed by atoms with E-state index in [2.05, 4.69) is 47.6 Å². The molecule has 2 aromatic carbocycles. The van der Waals surface area contributed by atoms with Gasteiger partial charge in [0.05, 0.1) is 5.39 Å². The maximum absolute atomic E-state index is 12.8. The molecule has 0 bridgehead atoms. The lowest BCUT2D eigenvalue weighted by atomic mass is 9.79. The lowest BCUT2D eigenvalue weighted by molar-refractivity contribution is 0.473. The average Bonchev–Trinajstić information content (AvgIpc) is 2.91. The van der Waals surface area contributed by atoms with Crippen molar-refractivity contribution >= 4 is 32.9 Å². The fourth-order valence-electron chi connectivity index (χ4n) is 3.52. The molecule has 1 N–H and O–H groups in total. The summed E-state index contributed by atoms with van der Waals surface area (Å²) in [5, 5.41) is 11.6. The molecule has 0 amide bonds. The van der Waals surface area contributed by atoms with Crippen molar-refractivity contribution in [1.29, 1.82) is 0 Å². The van der Waals surface area contributed by atoms with Crippen LogP contribution < -0.4 is 5.63 Å². The van der Waals surface area contributed by atoms with Crippen molar-refractivity contribution in [2.75, 3.05) is 0 Å². The highest BCUT2D eigenvalue weighted by Crippen LogP contribution is 2.40. The van der Waals surface area contributed by atoms with Crippen molar-refractivity contribution < 1.29 is 13.9 Å². The Morgan fingerprint density at radius 1 is 0.815 bits per heavy atom. The van der Waals surface area contributed by atoms with Gasteiger partial charge in [-0.15, -0.1) is 0 Å². The quantitative estimate of drug-likeness (QED) is 0.389. The number of benzene rings is 2. The van der Waals surface area contributed by atoms with Crippen molar-refractivity contribution in [2.45, 2.75) is 52.4 Å². The smallest absolute Gasteiger partial charge is 0.348 e. The molecule has 0 spiro atoms. The molecule has 4 nitrogen and oxygen atoms in total. The summed E-state index contributed by atoms with van der Waals surface area (Å²) < 4.78 is 11.8. The molecule has 27 heavy (non-hydrogen) atoms. The highest BCUT2D eigenvalue weighted by molar-refractivity contribution is 6.13. The maximum atomic E-state index is 12.8. The summed E-state index contributed by atoms with van der Waals surface area (Å²) in [6.45, 7) is 12.9. The number of phenols is 1. The van der Waals surface area contributed by atoms with Crippen molar-refractivity contribution in [3.8, 4) is 5.75 Å². The van der Waals surface area contributed by atoms with Crippen LogP contribution in [-0.2, 0) is 10.8 Å². The Balaban J connectivity index is 2.27. The van der Waals surface area contributed by atoms with Crippen LogP contribution in [-0.4, -0.2) is 5.11 Å². The van der Waals surface area contributed by atoms with Gasteiger partial charge in [0.1, 0.15) is 22.3 Å². The van der Waals surface area contributed by atoms with Crippen LogP contribution in [0.25, 0.3) is 32.9 Å². The number of phenolic OH excluding ortho intramolecular Hbond substituents is 1. The van der Waals surface area contributed by atoms with Gasteiger partial charge in [0, 0.05) is 17.0 Å². The second-order valence-corrected chi connectivity index (χ2v) is 9.28. The Morgan fingerprint density at radius 3 is 2.15 bits per heavy atom. The van der Waals surface area contributed by atoms with Gasteiger partial charge in [0.25, 0.3) is 0 Å². The number of furan rings is 1. The normalized spacial score (nSPS) is 13.1. The predicted octanol–water partition coefficient (Wildman–Crippen LogP) is 5.99. The van der Waals surface area contributed by atoms with Gasteiger partial charge in [-0.3, -0.25) is 0 Å². The first-order valence-corrected chi connectivity index (χ1v) is 9.14. The van der Waals surface area contributed by atoms with Gasteiger partial charge >= 0.3 is 5.63 Å². The summed E-state index contributed by atoms with van der Waals surface area (Å²) in [7, 11) is 0. The monoisotopic (exact) mass is 364 g/mol. The predicted molar refractivity (Wildman–Crippen MR) is 109 cm³/mol. The number of hydrogen-bond acceptors (Lipinski definition) is 4. The number of fused-ring (bicyclic) bond motifs is 5. The van der Waals surface area contributed by atoms with Gasteiger partial charge in [0.2, 0.25) is 0 Å². The molecule has 0 atom stereocenters. The topological polar surface area (TPSA) is 63.6 Å². The van der Waals surface area contributed by atoms with E-state index in [4.69, 9.17) is 8.83 Å². The molecule has 0 radical (unpaired) electrons. The minimum atomic E-state index is -0.451. The van der Waals surface area contributed by atoms with Gasteiger partial charge < -0.3 is 13.9 Å². The molecular formula is C23H24O4. The molecule has 4 rings (SSSR count). The zero-order valence-corrected chi connectivity index (χ0v) is 16.6. The minimum absolute atomic E-state index is 0.0477. The van der Waals surface area contributed by atoms with Crippen LogP contribution in [0, 0.1) is 0 Å². The van der Waals surface area contributed by atoms with E-state index in [-0.39, 0.29) is 16.6 Å². The number of hydrogen-bond donors (Lipinski definition) is 1. The molecule has 0 aliphatic heterocycles. The van der Waals surface area contributed by atoms with E-state index >= 15 is 0 Å². The van der Waals surface area contributed by atoms with Crippen LogP contribution in [0.3, 0.4) is 0 Å². The second kappa shape index (κ2) is 5.38. The molecule has 0 aliphatic rings. The van der Waals surface area contributed by atoms with E-state index in [1.165, 1.54) is 6.07 Å². The van der Waals surface area contributed by atoms with Crippen LogP contribution in [0.4, 0.5) is 0 Å². The average molecular weight is 364 g/mol. The molecule has 4 heteroatoms. The lowest BCUT2D eigenvalue weighted by Gasteiger charge is -2.25. The third kappa shape index (κ3) is 2.71. The van der Waals surface area contributed by atoms with Gasteiger partial charge in [-0.2, -0.15) is 0 Å². The molecule has 0 saturated heterocycles. The van der Waals surface area contributed by atoms with E-state index in [0.717, 1.165) is 22.1 Å². The fourth-order valence-corrected chi connectivity index (χ4v) is 3.52. The van der Waals surface area contributed by atoms with Gasteiger partial charge in [-0.1, -0.05) is 47.6 Å². The molecule has 140 valence electrons. The molecule has 0 saturated carbocycles. The summed E-state index contributed by atoms with van der Waals surface area (Å²) >= 11 is 0. The summed E-state index contributed by atoms with van der Waals surface area (Å²) in [6, 6.07) is 8.95. The van der Waals surface area contributed by atoms with Crippen molar-refractivity contribution in [2.24, 2.45) is 0 Å². The van der Waals surface area contributed by atoms with Crippen LogP contribution in [0.1, 0.15) is 52.7 Å². The fraction of sp³-hybridized carbons (Fsp3) is 0.348. The van der Waals surface area contributed by atoms with Crippen LogP contribution in [0.2, 0.25) is 0 Å². The third-order valence-electron chi connectivity index (χ3n) is 5.08. The summed E-state index contributed by atoms with van der Waals surface area (Å²) in [6.07, 6.45) is 0. The minimum Gasteiger partial charge on any atom is -0.508 e. The summed E-state index contributed by atoms with van der Waals surface area (Å²) in [5.74, 6) is 0.0477. The van der Waals surface area contributed by atoms with Crippen LogP contribution in [0.5, 0.6) is 5.75 Å². The largest absolute Gasteiger partial charge is 0.508 e. The molecule has 0 unspecified atom stereocenters. The van der Waals surface area contributed by atoms with E-state index in [1.807, 2.05) is 6.07 Å². The highest BCUT2D eigenvalue weighted by atomic mass is 16.4. The Kier molecular flexibility index (Phi) is 3.52. The maximum Gasteiger partial charge on any atom is 0.348 e. The first-order valence-electron chi connectivity index (χ1n) is 9.14. The molecular weight excluding hydrogens is 340 g/mol. The Hall–Kier alpha value is -2.75. The van der Waals surface area contributed by atoms with Crippen molar-refractivity contribution in [3.63, 3.8) is 0 Å². The Bertz CT molecular complexity index is 1260. The van der Waals surface area contributed by atoms with Crippen molar-refractivity contribution in [3.05, 3.63) is 51.9 Å². The molecule has 2 aromatic heterocycles. The van der Waals surface area contributed by atoms with E-state index in [1.54, 1.807) is 12.1 Å². The number of rotatable bonds is 0. The molecule has 0 fully saturated rings. The van der Waals surface area contributed by atoms with Gasteiger partial charge in [0.15, 0.2) is 5.58 Å². The SMILES string of the molecule is CC(C)(C)c1cc(C(C)(C)C)c2oc3c4ccc(O)cc4oc(=O)c3c2c1. The Labute approximate surface area is 157 Å². The van der Waals surface area contributed by atoms with Gasteiger partial charge in [-0.25, -0.2) is 4.79 Å². The van der Waals surface area contributed by atoms with Crippen molar-refractivity contribution in [1.82, 2.24) is 0 Å². The lowest BCUT2D eigenvalue weighted by Crippen LogP contribution is -2.16. The molecule has 4 aromatic rings. The van der Waals surface area contributed by atoms with E-state index < -0.39 is 5.63 Å². The van der Waals surface area contributed by atoms with Crippen LogP contribution >= 0.6 is 0 Å². The third-order valence-corrected chi connectivity index (χ3v) is 5.08. The summed E-state index contributed by atoms with van der Waals surface area (Å²) in [5.41, 5.74) is 3.08. The number of aromatic hydroxyl groups is 1. The molecule has 2 heterocycles. The Morgan fingerprint density at radius 2 is 1.52 bits per heavy atom. The first kappa shape index (κ1) is 17.7. The molecule has 0 aliphatic carbocycles. The highest BCUT2D eigenvalue weighted by Gasteiger charge is 2.27. The zero-order chi connectivity index (χ0) is 19.7. The standard InChI is InChI=1S/C23H24O4/c1-22(2,3)12-9-15-18-20(27-19(15)16(10-12)23(4,5)6)14-8-7-13(24)11-17(14)26-21(18)25/h7-11,24H,1-6H3. The van der Waals surface area contributed by atoms with Gasteiger partial charge in [-0.05, 0) is 34.6 Å². The summed E-state index contributed by atoms with van der Waals surface area (Å²) in [4.78, 5) is 12.8. The van der Waals surface area contributed by atoms with E-state index in [0.29, 0.717) is 21.9 Å².